The van der Waals surface area contributed by atoms with Gasteiger partial charge in [0.05, 0.1) is 10.8 Å². The third-order valence-electron chi connectivity index (χ3n) is 4.58. The Hall–Kier alpha value is -2.78. The number of carbonyl (C=O) groups excluding carboxylic acids is 2. The molecular weight excluding hydrogens is 385 g/mol. The SMILES string of the molecule is NS(=O)(=O)c1cccc(N2CC(C(=O)NCCc3ccc(F)cc3)CC2=O)c1. The number of amides is 2. The van der Waals surface area contributed by atoms with Gasteiger partial charge in [0.2, 0.25) is 21.8 Å². The lowest BCUT2D eigenvalue weighted by atomic mass is 10.1. The van der Waals surface area contributed by atoms with Crippen molar-refractivity contribution in [2.45, 2.75) is 17.7 Å². The summed E-state index contributed by atoms with van der Waals surface area (Å²) in [6.45, 7) is 0.533. The Balaban J connectivity index is 1.59. The quantitative estimate of drug-likeness (QED) is 0.752. The van der Waals surface area contributed by atoms with Gasteiger partial charge in [0.25, 0.3) is 0 Å². The molecule has 7 nitrogen and oxygen atoms in total. The summed E-state index contributed by atoms with van der Waals surface area (Å²) in [4.78, 5) is 26.0. The molecule has 0 saturated carbocycles. The van der Waals surface area contributed by atoms with Gasteiger partial charge in [0, 0.05) is 25.2 Å². The number of rotatable bonds is 6. The summed E-state index contributed by atoms with van der Waals surface area (Å²) in [5.41, 5.74) is 1.28. The van der Waals surface area contributed by atoms with Crippen molar-refractivity contribution in [1.29, 1.82) is 0 Å². The van der Waals surface area contributed by atoms with E-state index in [9.17, 15) is 22.4 Å². The number of hydrogen-bond acceptors (Lipinski definition) is 4. The van der Waals surface area contributed by atoms with Gasteiger partial charge < -0.3 is 10.2 Å². The standard InChI is InChI=1S/C19H20FN3O4S/c20-15-6-4-13(5-7-15)8-9-22-19(25)14-10-18(24)23(12-14)16-2-1-3-17(11-16)28(21,26)27/h1-7,11,14H,8-10,12H2,(H,22,25)(H2,21,26,27). The van der Waals surface area contributed by atoms with Crippen LogP contribution >= 0.6 is 0 Å². The average molecular weight is 405 g/mol. The minimum Gasteiger partial charge on any atom is -0.355 e. The molecule has 2 aromatic carbocycles. The van der Waals surface area contributed by atoms with Crippen LogP contribution in [-0.2, 0) is 26.0 Å². The summed E-state index contributed by atoms with van der Waals surface area (Å²) in [5, 5.41) is 7.92. The molecule has 2 aromatic rings. The molecule has 148 valence electrons. The van der Waals surface area contributed by atoms with Gasteiger partial charge in [-0.3, -0.25) is 9.59 Å². The third kappa shape index (κ3) is 4.73. The van der Waals surface area contributed by atoms with Crippen LogP contribution in [0.2, 0.25) is 0 Å². The number of nitrogens with one attached hydrogen (secondary N) is 1. The maximum absolute atomic E-state index is 12.9. The van der Waals surface area contributed by atoms with Gasteiger partial charge in [-0.05, 0) is 42.3 Å². The molecule has 9 heteroatoms. The van der Waals surface area contributed by atoms with Crippen LogP contribution in [0.1, 0.15) is 12.0 Å². The first-order valence-corrected chi connectivity index (χ1v) is 10.2. The second kappa shape index (κ2) is 8.07. The summed E-state index contributed by atoms with van der Waals surface area (Å²) < 4.78 is 35.9. The highest BCUT2D eigenvalue weighted by molar-refractivity contribution is 7.89. The Morgan fingerprint density at radius 3 is 2.61 bits per heavy atom. The molecule has 1 aliphatic heterocycles. The van der Waals surface area contributed by atoms with Crippen molar-refractivity contribution in [2.24, 2.45) is 11.1 Å². The zero-order valence-corrected chi connectivity index (χ0v) is 15.8. The molecular formula is C19H20FN3O4S. The zero-order valence-electron chi connectivity index (χ0n) is 15.0. The molecule has 0 radical (unpaired) electrons. The van der Waals surface area contributed by atoms with Crippen molar-refractivity contribution in [1.82, 2.24) is 5.32 Å². The first kappa shape index (κ1) is 20.0. The predicted molar refractivity (Wildman–Crippen MR) is 101 cm³/mol. The Labute approximate surface area is 162 Å². The number of carbonyl (C=O) groups is 2. The third-order valence-corrected chi connectivity index (χ3v) is 5.49. The molecule has 1 heterocycles. The summed E-state index contributed by atoms with van der Waals surface area (Å²) in [7, 11) is -3.88. The van der Waals surface area contributed by atoms with Crippen LogP contribution in [0.5, 0.6) is 0 Å². The van der Waals surface area contributed by atoms with Crippen LogP contribution in [0.4, 0.5) is 10.1 Å². The van der Waals surface area contributed by atoms with E-state index < -0.39 is 15.9 Å². The summed E-state index contributed by atoms with van der Waals surface area (Å²) >= 11 is 0. The van der Waals surface area contributed by atoms with Gasteiger partial charge in [-0.1, -0.05) is 18.2 Å². The fourth-order valence-electron chi connectivity index (χ4n) is 3.09. The molecule has 0 spiro atoms. The van der Waals surface area contributed by atoms with Crippen molar-refractivity contribution in [3.05, 3.63) is 59.9 Å². The number of sulfonamides is 1. The molecule has 0 bridgehead atoms. The lowest BCUT2D eigenvalue weighted by Crippen LogP contribution is -2.34. The number of nitrogens with two attached hydrogens (primary N) is 1. The van der Waals surface area contributed by atoms with E-state index in [0.29, 0.717) is 18.7 Å². The Bertz CT molecular complexity index is 992. The van der Waals surface area contributed by atoms with Crippen LogP contribution < -0.4 is 15.4 Å². The molecule has 1 aliphatic rings. The van der Waals surface area contributed by atoms with Crippen molar-refractivity contribution in [3.8, 4) is 0 Å². The van der Waals surface area contributed by atoms with Crippen molar-refractivity contribution < 1.29 is 22.4 Å². The van der Waals surface area contributed by atoms with E-state index in [2.05, 4.69) is 5.32 Å². The van der Waals surface area contributed by atoms with Crippen LogP contribution in [0.15, 0.2) is 53.4 Å². The lowest BCUT2D eigenvalue weighted by Gasteiger charge is -2.17. The van der Waals surface area contributed by atoms with Gasteiger partial charge in [-0.25, -0.2) is 17.9 Å². The van der Waals surface area contributed by atoms with E-state index in [4.69, 9.17) is 5.14 Å². The van der Waals surface area contributed by atoms with E-state index in [1.54, 1.807) is 18.2 Å². The van der Waals surface area contributed by atoms with Gasteiger partial charge in [0.1, 0.15) is 5.82 Å². The average Bonchev–Trinajstić information content (AvgIpc) is 3.04. The van der Waals surface area contributed by atoms with E-state index in [1.165, 1.54) is 35.2 Å². The van der Waals surface area contributed by atoms with Crippen LogP contribution in [0.25, 0.3) is 0 Å². The molecule has 3 N–H and O–H groups in total. The van der Waals surface area contributed by atoms with Crippen LogP contribution in [-0.4, -0.2) is 33.3 Å². The number of hydrogen-bond donors (Lipinski definition) is 2. The molecule has 1 atom stereocenters. The van der Waals surface area contributed by atoms with Crippen molar-refractivity contribution >= 4 is 27.5 Å². The number of primary sulfonamides is 1. The Kier molecular flexibility index (Phi) is 5.76. The zero-order chi connectivity index (χ0) is 20.3. The highest BCUT2D eigenvalue weighted by atomic mass is 32.2. The van der Waals surface area contributed by atoms with Crippen LogP contribution in [0, 0.1) is 11.7 Å². The molecule has 1 saturated heterocycles. The predicted octanol–water partition coefficient (Wildman–Crippen LogP) is 1.18. The second-order valence-electron chi connectivity index (χ2n) is 6.62. The largest absolute Gasteiger partial charge is 0.355 e. The van der Waals surface area contributed by atoms with Gasteiger partial charge in [0.15, 0.2) is 0 Å². The molecule has 1 unspecified atom stereocenters. The maximum atomic E-state index is 12.9. The molecule has 1 fully saturated rings. The number of benzene rings is 2. The Morgan fingerprint density at radius 2 is 1.93 bits per heavy atom. The lowest BCUT2D eigenvalue weighted by molar-refractivity contribution is -0.126. The summed E-state index contributed by atoms with van der Waals surface area (Å²) in [6, 6.07) is 11.8. The normalized spacial score (nSPS) is 17.0. The first-order valence-electron chi connectivity index (χ1n) is 8.69. The monoisotopic (exact) mass is 405 g/mol. The van der Waals surface area contributed by atoms with Gasteiger partial charge in [-0.15, -0.1) is 0 Å². The van der Waals surface area contributed by atoms with E-state index >= 15 is 0 Å². The summed E-state index contributed by atoms with van der Waals surface area (Å²) in [5.74, 6) is -1.35. The highest BCUT2D eigenvalue weighted by Crippen LogP contribution is 2.26. The number of nitrogens with zero attached hydrogens (tertiary/aromatic N) is 1. The van der Waals surface area contributed by atoms with Crippen LogP contribution in [0.3, 0.4) is 0 Å². The second-order valence-corrected chi connectivity index (χ2v) is 8.18. The topological polar surface area (TPSA) is 110 Å². The molecule has 0 aliphatic carbocycles. The molecule has 2 amide bonds. The van der Waals surface area contributed by atoms with Crippen molar-refractivity contribution in [3.63, 3.8) is 0 Å². The fraction of sp³-hybridized carbons (Fsp3) is 0.263. The van der Waals surface area contributed by atoms with E-state index in [0.717, 1.165) is 5.56 Å². The minimum atomic E-state index is -3.88. The summed E-state index contributed by atoms with van der Waals surface area (Å²) in [6.07, 6.45) is 0.592. The minimum absolute atomic E-state index is 0.0436. The molecule has 0 aromatic heterocycles. The first-order chi connectivity index (χ1) is 13.2. The van der Waals surface area contributed by atoms with Gasteiger partial charge in [-0.2, -0.15) is 0 Å². The number of anilines is 1. The fourth-order valence-corrected chi connectivity index (χ4v) is 3.64. The molecule has 28 heavy (non-hydrogen) atoms. The smallest absolute Gasteiger partial charge is 0.238 e. The van der Waals surface area contributed by atoms with Gasteiger partial charge >= 0.3 is 0 Å². The highest BCUT2D eigenvalue weighted by Gasteiger charge is 2.35. The maximum Gasteiger partial charge on any atom is 0.238 e. The van der Waals surface area contributed by atoms with Crippen molar-refractivity contribution in [2.75, 3.05) is 18.0 Å². The number of halogens is 1. The Morgan fingerprint density at radius 1 is 1.21 bits per heavy atom. The molecule has 3 rings (SSSR count). The van der Waals surface area contributed by atoms with E-state index in [-0.39, 0.29) is 35.5 Å². The van der Waals surface area contributed by atoms with E-state index in [1.807, 2.05) is 0 Å².